The molecule has 134 valence electrons. The summed E-state index contributed by atoms with van der Waals surface area (Å²) >= 11 is 6.16. The highest BCUT2D eigenvalue weighted by Gasteiger charge is 2.29. The normalized spacial score (nSPS) is 11.4. The molecule has 4 nitrogen and oxygen atoms in total. The highest BCUT2D eigenvalue weighted by molar-refractivity contribution is 6.31. The minimum absolute atomic E-state index is 0.137. The van der Waals surface area contributed by atoms with Gasteiger partial charge in [-0.15, -0.1) is 0 Å². The van der Waals surface area contributed by atoms with Crippen LogP contribution < -0.4 is 11.1 Å². The van der Waals surface area contributed by atoms with Crippen LogP contribution in [0, 0.1) is 6.92 Å². The summed E-state index contributed by atoms with van der Waals surface area (Å²) in [6, 6.07) is 11.7. The van der Waals surface area contributed by atoms with Gasteiger partial charge in [0.1, 0.15) is 5.82 Å². The summed E-state index contributed by atoms with van der Waals surface area (Å²) in [5.74, 6) is 0.633. The van der Waals surface area contributed by atoms with Gasteiger partial charge < -0.3 is 11.1 Å². The maximum Gasteiger partial charge on any atom is 0.416 e. The van der Waals surface area contributed by atoms with Gasteiger partial charge in [0.25, 0.3) is 0 Å². The van der Waals surface area contributed by atoms with E-state index < -0.39 is 11.7 Å². The molecule has 0 bridgehead atoms. The Hall–Kier alpha value is -2.80. The third kappa shape index (κ3) is 4.23. The van der Waals surface area contributed by atoms with Crippen LogP contribution in [0.3, 0.4) is 0 Å². The lowest BCUT2D eigenvalue weighted by Gasteiger charge is -2.11. The van der Waals surface area contributed by atoms with Crippen molar-refractivity contribution in [1.82, 2.24) is 9.97 Å². The van der Waals surface area contributed by atoms with E-state index in [-0.39, 0.29) is 5.95 Å². The lowest BCUT2D eigenvalue weighted by Crippen LogP contribution is -2.04. The molecule has 0 spiro atoms. The van der Waals surface area contributed by atoms with Crippen LogP contribution in [-0.4, -0.2) is 9.97 Å². The Morgan fingerprint density at radius 3 is 2.27 bits per heavy atom. The van der Waals surface area contributed by atoms with Crippen molar-refractivity contribution < 1.29 is 13.2 Å². The third-order valence-electron chi connectivity index (χ3n) is 3.59. The number of hydrogen-bond acceptors (Lipinski definition) is 4. The minimum atomic E-state index is -4.37. The van der Waals surface area contributed by atoms with Gasteiger partial charge in [0.2, 0.25) is 5.95 Å². The second-order valence-corrected chi connectivity index (χ2v) is 6.12. The number of halogens is 4. The van der Waals surface area contributed by atoms with E-state index in [4.69, 9.17) is 17.3 Å². The molecule has 0 aliphatic rings. The average Bonchev–Trinajstić information content (AvgIpc) is 2.52. The third-order valence-corrected chi connectivity index (χ3v) is 3.81. The lowest BCUT2D eigenvalue weighted by atomic mass is 10.0. The molecule has 3 rings (SSSR count). The standard InChI is InChI=1S/C18H14ClF3N4/c1-10-6-16(26-17(23)24-10)25-15-8-12(7-14(19)9-15)11-2-4-13(5-3-11)18(20,21)22/h2-9H,1H3,(H3,23,24,25,26). The van der Waals surface area contributed by atoms with Crippen molar-refractivity contribution in [2.75, 3.05) is 11.1 Å². The summed E-state index contributed by atoms with van der Waals surface area (Å²) in [7, 11) is 0. The SMILES string of the molecule is Cc1cc(Nc2cc(Cl)cc(-c3ccc(C(F)(F)F)cc3)c2)nc(N)n1. The summed E-state index contributed by atoms with van der Waals surface area (Å²) in [4.78, 5) is 8.08. The molecule has 0 unspecified atom stereocenters. The first-order valence-electron chi connectivity index (χ1n) is 7.57. The number of nitrogens with zero attached hydrogens (tertiary/aromatic N) is 2. The predicted molar refractivity (Wildman–Crippen MR) is 96.4 cm³/mol. The topological polar surface area (TPSA) is 63.8 Å². The van der Waals surface area contributed by atoms with E-state index in [0.717, 1.165) is 12.1 Å². The first kappa shape index (κ1) is 18.0. The number of anilines is 3. The van der Waals surface area contributed by atoms with Crippen molar-refractivity contribution in [3.05, 3.63) is 64.8 Å². The number of rotatable bonds is 3. The minimum Gasteiger partial charge on any atom is -0.368 e. The van der Waals surface area contributed by atoms with Gasteiger partial charge in [-0.2, -0.15) is 18.2 Å². The second kappa shape index (κ2) is 6.84. The van der Waals surface area contributed by atoms with Gasteiger partial charge in [0, 0.05) is 22.5 Å². The van der Waals surface area contributed by atoms with Crippen molar-refractivity contribution in [3.8, 4) is 11.1 Å². The van der Waals surface area contributed by atoms with E-state index in [1.165, 1.54) is 12.1 Å². The van der Waals surface area contributed by atoms with Gasteiger partial charge >= 0.3 is 6.18 Å². The van der Waals surface area contributed by atoms with Gasteiger partial charge in [-0.25, -0.2) is 4.98 Å². The van der Waals surface area contributed by atoms with Gasteiger partial charge in [-0.1, -0.05) is 23.7 Å². The number of hydrogen-bond donors (Lipinski definition) is 2. The molecular weight excluding hydrogens is 365 g/mol. The molecule has 26 heavy (non-hydrogen) atoms. The summed E-state index contributed by atoms with van der Waals surface area (Å²) < 4.78 is 38.1. The fourth-order valence-corrected chi connectivity index (χ4v) is 2.72. The molecule has 2 aromatic carbocycles. The van der Waals surface area contributed by atoms with E-state index in [9.17, 15) is 13.2 Å². The van der Waals surface area contributed by atoms with Crippen molar-refractivity contribution >= 4 is 29.1 Å². The summed E-state index contributed by atoms with van der Waals surface area (Å²) in [5.41, 5.74) is 7.55. The molecule has 3 aromatic rings. The Kier molecular flexibility index (Phi) is 4.73. The number of nitrogens with two attached hydrogens (primary N) is 1. The molecule has 8 heteroatoms. The van der Waals surface area contributed by atoms with Crippen LogP contribution in [-0.2, 0) is 6.18 Å². The van der Waals surface area contributed by atoms with Crippen LogP contribution in [0.1, 0.15) is 11.3 Å². The summed E-state index contributed by atoms with van der Waals surface area (Å²) in [6.45, 7) is 1.79. The zero-order valence-corrected chi connectivity index (χ0v) is 14.4. The van der Waals surface area contributed by atoms with E-state index >= 15 is 0 Å². The number of aromatic nitrogens is 2. The van der Waals surface area contributed by atoms with Crippen LogP contribution in [0.5, 0.6) is 0 Å². The summed E-state index contributed by atoms with van der Waals surface area (Å²) in [6.07, 6.45) is -4.37. The van der Waals surface area contributed by atoms with E-state index in [0.29, 0.717) is 33.3 Å². The zero-order chi connectivity index (χ0) is 18.9. The lowest BCUT2D eigenvalue weighted by molar-refractivity contribution is -0.137. The fourth-order valence-electron chi connectivity index (χ4n) is 2.48. The number of nitrogens with one attached hydrogen (secondary N) is 1. The highest BCUT2D eigenvalue weighted by atomic mass is 35.5. The van der Waals surface area contributed by atoms with Crippen LogP contribution in [0.25, 0.3) is 11.1 Å². The fraction of sp³-hybridized carbons (Fsp3) is 0.111. The predicted octanol–water partition coefficient (Wildman–Crippen LogP) is 5.45. The Labute approximate surface area is 152 Å². The van der Waals surface area contributed by atoms with Gasteiger partial charge in [-0.05, 0) is 48.4 Å². The molecule has 0 aliphatic heterocycles. The van der Waals surface area contributed by atoms with Crippen LogP contribution >= 0.6 is 11.6 Å². The average molecular weight is 379 g/mol. The Bertz CT molecular complexity index is 920. The molecule has 3 N–H and O–H groups in total. The van der Waals surface area contributed by atoms with Crippen molar-refractivity contribution in [1.29, 1.82) is 0 Å². The van der Waals surface area contributed by atoms with E-state index in [2.05, 4.69) is 15.3 Å². The van der Waals surface area contributed by atoms with Crippen LogP contribution in [0.2, 0.25) is 5.02 Å². The van der Waals surface area contributed by atoms with Crippen LogP contribution in [0.4, 0.5) is 30.6 Å². The molecular formula is C18H14ClF3N4. The Morgan fingerprint density at radius 2 is 1.65 bits per heavy atom. The number of alkyl halides is 3. The van der Waals surface area contributed by atoms with E-state index in [1.807, 2.05) is 0 Å². The molecule has 1 heterocycles. The first-order valence-corrected chi connectivity index (χ1v) is 7.95. The van der Waals surface area contributed by atoms with E-state index in [1.54, 1.807) is 31.2 Å². The van der Waals surface area contributed by atoms with Crippen LogP contribution in [0.15, 0.2) is 48.5 Å². The number of benzene rings is 2. The number of nitrogen functional groups attached to an aromatic ring is 1. The largest absolute Gasteiger partial charge is 0.416 e. The molecule has 0 fully saturated rings. The smallest absolute Gasteiger partial charge is 0.368 e. The monoisotopic (exact) mass is 378 g/mol. The molecule has 0 amide bonds. The quantitative estimate of drug-likeness (QED) is 0.636. The molecule has 0 radical (unpaired) electrons. The Balaban J connectivity index is 1.92. The maximum absolute atomic E-state index is 12.7. The Morgan fingerprint density at radius 1 is 0.962 bits per heavy atom. The van der Waals surface area contributed by atoms with Gasteiger partial charge in [0.15, 0.2) is 0 Å². The number of aryl methyl sites for hydroxylation is 1. The first-order chi connectivity index (χ1) is 12.2. The van der Waals surface area contributed by atoms with Crippen molar-refractivity contribution in [2.45, 2.75) is 13.1 Å². The van der Waals surface area contributed by atoms with Crippen molar-refractivity contribution in [2.24, 2.45) is 0 Å². The van der Waals surface area contributed by atoms with Gasteiger partial charge in [0.05, 0.1) is 5.56 Å². The highest BCUT2D eigenvalue weighted by Crippen LogP contribution is 2.33. The maximum atomic E-state index is 12.7. The summed E-state index contributed by atoms with van der Waals surface area (Å²) in [5, 5.41) is 3.51. The molecule has 0 aliphatic carbocycles. The molecule has 0 saturated heterocycles. The molecule has 1 aromatic heterocycles. The zero-order valence-electron chi connectivity index (χ0n) is 13.6. The van der Waals surface area contributed by atoms with Gasteiger partial charge in [-0.3, -0.25) is 0 Å². The molecule has 0 atom stereocenters. The van der Waals surface area contributed by atoms with Crippen molar-refractivity contribution in [3.63, 3.8) is 0 Å². The molecule has 0 saturated carbocycles. The second-order valence-electron chi connectivity index (χ2n) is 5.68.